The average Bonchev–Trinajstić information content (AvgIpc) is 2.36. The van der Waals surface area contributed by atoms with Gasteiger partial charge in [-0.1, -0.05) is 48.8 Å². The number of halogens is 12. The minimum Gasteiger partial charge on any atom is -0.200 e. The standard InChI is InChI=1S/C12H14F11I/c1-2-3-4-5-7(24)6-8(13,14)9(15,16)10(17,18)11(19,20)12(21,22)23/h7H,2-6H2,1H3. The number of hydrogen-bond acceptors (Lipinski definition) is 0. The van der Waals surface area contributed by atoms with Crippen molar-refractivity contribution in [3.8, 4) is 0 Å². The monoisotopic (exact) mass is 494 g/mol. The summed E-state index contributed by atoms with van der Waals surface area (Å²) >= 11 is 1.24. The first-order valence-electron chi connectivity index (χ1n) is 6.67. The molecule has 0 aromatic rings. The summed E-state index contributed by atoms with van der Waals surface area (Å²) in [6.07, 6.45) is -7.69. The van der Waals surface area contributed by atoms with Crippen molar-refractivity contribution in [3.05, 3.63) is 0 Å². The number of alkyl halides is 12. The van der Waals surface area contributed by atoms with E-state index in [2.05, 4.69) is 0 Å². The van der Waals surface area contributed by atoms with Crippen LogP contribution in [-0.2, 0) is 0 Å². The van der Waals surface area contributed by atoms with Gasteiger partial charge in [0.15, 0.2) is 0 Å². The smallest absolute Gasteiger partial charge is 0.200 e. The van der Waals surface area contributed by atoms with Crippen molar-refractivity contribution in [2.24, 2.45) is 0 Å². The zero-order valence-corrected chi connectivity index (χ0v) is 14.3. The van der Waals surface area contributed by atoms with E-state index in [1.165, 1.54) is 22.6 Å². The van der Waals surface area contributed by atoms with Gasteiger partial charge in [0.05, 0.1) is 0 Å². The van der Waals surface area contributed by atoms with E-state index < -0.39 is 40.2 Å². The van der Waals surface area contributed by atoms with Crippen LogP contribution in [0.5, 0.6) is 0 Å². The van der Waals surface area contributed by atoms with E-state index >= 15 is 0 Å². The summed E-state index contributed by atoms with van der Waals surface area (Å²) in [5.74, 6) is -27.2. The van der Waals surface area contributed by atoms with Crippen molar-refractivity contribution in [2.45, 2.75) is 72.8 Å². The van der Waals surface area contributed by atoms with Crippen molar-refractivity contribution in [1.82, 2.24) is 0 Å². The van der Waals surface area contributed by atoms with Gasteiger partial charge in [-0.05, 0) is 6.42 Å². The van der Waals surface area contributed by atoms with Gasteiger partial charge in [-0.25, -0.2) is 0 Å². The average molecular weight is 494 g/mol. The molecule has 0 aliphatic rings. The first-order valence-corrected chi connectivity index (χ1v) is 7.92. The molecular formula is C12H14F11I. The van der Waals surface area contributed by atoms with Gasteiger partial charge in [-0.3, -0.25) is 0 Å². The maximum atomic E-state index is 13.4. The van der Waals surface area contributed by atoms with Gasteiger partial charge in [-0.15, -0.1) is 0 Å². The van der Waals surface area contributed by atoms with Crippen molar-refractivity contribution in [2.75, 3.05) is 0 Å². The quantitative estimate of drug-likeness (QED) is 0.142. The maximum Gasteiger partial charge on any atom is 0.460 e. The Morgan fingerprint density at radius 2 is 1.17 bits per heavy atom. The Hall–Kier alpha value is -0.0400. The molecule has 0 amide bonds. The van der Waals surface area contributed by atoms with Crippen LogP contribution >= 0.6 is 22.6 Å². The molecule has 1 unspecified atom stereocenters. The van der Waals surface area contributed by atoms with Gasteiger partial charge in [0.25, 0.3) is 0 Å². The van der Waals surface area contributed by atoms with Crippen LogP contribution in [0.2, 0.25) is 0 Å². The zero-order valence-electron chi connectivity index (χ0n) is 12.1. The molecule has 0 rings (SSSR count). The molecule has 0 aromatic heterocycles. The molecular weight excluding hydrogens is 480 g/mol. The van der Waals surface area contributed by atoms with Crippen LogP contribution in [0.15, 0.2) is 0 Å². The molecule has 146 valence electrons. The van der Waals surface area contributed by atoms with Crippen molar-refractivity contribution < 1.29 is 48.3 Å². The minimum atomic E-state index is -7.31. The summed E-state index contributed by atoms with van der Waals surface area (Å²) in [5.41, 5.74) is 0. The second-order valence-corrected chi connectivity index (χ2v) is 6.98. The van der Waals surface area contributed by atoms with Gasteiger partial charge in [0, 0.05) is 10.3 Å². The van der Waals surface area contributed by atoms with Gasteiger partial charge < -0.3 is 0 Å². The van der Waals surface area contributed by atoms with Gasteiger partial charge in [-0.2, -0.15) is 48.3 Å². The SMILES string of the molecule is CCCCCC(I)CC(F)(F)C(F)(F)C(F)(F)C(F)(F)C(F)(F)F. The minimum absolute atomic E-state index is 0.0959. The van der Waals surface area contributed by atoms with Gasteiger partial charge in [0.2, 0.25) is 0 Å². The molecule has 0 heterocycles. The summed E-state index contributed by atoms with van der Waals surface area (Å²) in [6, 6.07) is 0. The molecule has 0 fully saturated rings. The van der Waals surface area contributed by atoms with Crippen molar-refractivity contribution >= 4 is 22.6 Å². The van der Waals surface area contributed by atoms with Crippen LogP contribution in [0, 0.1) is 0 Å². The third-order valence-corrected chi connectivity index (χ3v) is 4.27. The lowest BCUT2D eigenvalue weighted by atomic mass is 9.94. The Bertz CT molecular complexity index is 402. The van der Waals surface area contributed by atoms with Gasteiger partial charge in [0.1, 0.15) is 0 Å². The molecule has 0 nitrogen and oxygen atoms in total. The number of unbranched alkanes of at least 4 members (excludes halogenated alkanes) is 2. The molecule has 0 spiro atoms. The fourth-order valence-electron chi connectivity index (χ4n) is 1.73. The Morgan fingerprint density at radius 1 is 0.708 bits per heavy atom. The predicted molar refractivity (Wildman–Crippen MR) is 72.4 cm³/mol. The molecule has 0 aliphatic heterocycles. The second kappa shape index (κ2) is 7.68. The molecule has 1 atom stereocenters. The summed E-state index contributed by atoms with van der Waals surface area (Å²) < 4.78 is 139. The fourth-order valence-corrected chi connectivity index (χ4v) is 2.72. The predicted octanol–water partition coefficient (Wildman–Crippen LogP) is 6.86. The molecule has 12 heteroatoms. The summed E-state index contributed by atoms with van der Waals surface area (Å²) in [6.45, 7) is 1.74. The van der Waals surface area contributed by atoms with Crippen LogP contribution in [-0.4, -0.2) is 33.8 Å². The first-order chi connectivity index (χ1) is 10.5. The van der Waals surface area contributed by atoms with E-state index in [1.54, 1.807) is 6.92 Å². The normalized spacial score (nSPS) is 16.4. The molecule has 24 heavy (non-hydrogen) atoms. The van der Waals surface area contributed by atoms with E-state index in [0.717, 1.165) is 0 Å². The lowest BCUT2D eigenvalue weighted by Crippen LogP contribution is -2.66. The molecule has 0 saturated heterocycles. The van der Waals surface area contributed by atoms with E-state index in [-0.39, 0.29) is 6.42 Å². The summed E-state index contributed by atoms with van der Waals surface area (Å²) in [5, 5.41) is 0. The van der Waals surface area contributed by atoms with Gasteiger partial charge >= 0.3 is 29.9 Å². The molecule has 0 saturated carbocycles. The third-order valence-electron chi connectivity index (χ3n) is 3.20. The lowest BCUT2D eigenvalue weighted by Gasteiger charge is -2.37. The Balaban J connectivity index is 5.45. The Labute approximate surface area is 144 Å². The highest BCUT2D eigenvalue weighted by Crippen LogP contribution is 2.58. The Morgan fingerprint density at radius 3 is 1.54 bits per heavy atom. The van der Waals surface area contributed by atoms with E-state index in [1.807, 2.05) is 0 Å². The highest BCUT2D eigenvalue weighted by atomic mass is 127. The highest BCUT2D eigenvalue weighted by Gasteiger charge is 2.86. The van der Waals surface area contributed by atoms with Crippen LogP contribution in [0.1, 0.15) is 39.0 Å². The molecule has 0 aromatic carbocycles. The largest absolute Gasteiger partial charge is 0.460 e. The van der Waals surface area contributed by atoms with Crippen LogP contribution in [0.3, 0.4) is 0 Å². The zero-order chi connectivity index (χ0) is 19.6. The Kier molecular flexibility index (Phi) is 7.67. The van der Waals surface area contributed by atoms with Crippen molar-refractivity contribution in [3.63, 3.8) is 0 Å². The second-order valence-electron chi connectivity index (χ2n) is 5.22. The van der Waals surface area contributed by atoms with E-state index in [9.17, 15) is 48.3 Å². The molecule has 0 N–H and O–H groups in total. The lowest BCUT2D eigenvalue weighted by molar-refractivity contribution is -0.422. The van der Waals surface area contributed by atoms with E-state index in [0.29, 0.717) is 19.3 Å². The van der Waals surface area contributed by atoms with Crippen LogP contribution in [0.25, 0.3) is 0 Å². The number of hydrogen-bond donors (Lipinski definition) is 0. The van der Waals surface area contributed by atoms with Crippen LogP contribution in [0.4, 0.5) is 48.3 Å². The molecule has 0 radical (unpaired) electrons. The topological polar surface area (TPSA) is 0 Å². The molecule has 0 bridgehead atoms. The fraction of sp³-hybridized carbons (Fsp3) is 1.00. The van der Waals surface area contributed by atoms with Crippen LogP contribution < -0.4 is 0 Å². The number of rotatable bonds is 9. The first kappa shape index (κ1) is 24.0. The highest BCUT2D eigenvalue weighted by molar-refractivity contribution is 14.1. The van der Waals surface area contributed by atoms with E-state index in [4.69, 9.17) is 0 Å². The third kappa shape index (κ3) is 4.57. The molecule has 0 aliphatic carbocycles. The maximum absolute atomic E-state index is 13.4. The summed E-state index contributed by atoms with van der Waals surface area (Å²) in [4.78, 5) is 0. The van der Waals surface area contributed by atoms with Crippen molar-refractivity contribution in [1.29, 1.82) is 0 Å². The summed E-state index contributed by atoms with van der Waals surface area (Å²) in [7, 11) is 0.